The summed E-state index contributed by atoms with van der Waals surface area (Å²) in [7, 11) is -5.83. The van der Waals surface area contributed by atoms with Crippen LogP contribution in [0, 0.1) is 46.8 Å². The highest BCUT2D eigenvalue weighted by Crippen LogP contribution is 2.66. The topological polar surface area (TPSA) is 169 Å². The van der Waals surface area contributed by atoms with Gasteiger partial charge in [0.25, 0.3) is 0 Å². The molecule has 45 heavy (non-hydrogen) atoms. The molecule has 0 aromatic rings. The summed E-state index contributed by atoms with van der Waals surface area (Å²) in [6.45, 7) is 2.84. The molecule has 6 aliphatic carbocycles. The minimum atomic E-state index is -5.83. The summed E-state index contributed by atoms with van der Waals surface area (Å²) in [6.07, 6.45) is 3.75. The lowest BCUT2D eigenvalue weighted by atomic mass is 9.45. The first-order valence-corrected chi connectivity index (χ1v) is 17.2. The summed E-state index contributed by atoms with van der Waals surface area (Å²) in [5, 5.41) is -4.75. The third-order valence-electron chi connectivity index (χ3n) is 11.8. The van der Waals surface area contributed by atoms with Gasteiger partial charge in [-0.3, -0.25) is 14.1 Å². The quantitative estimate of drug-likeness (QED) is 0.184. The van der Waals surface area contributed by atoms with Crippen molar-refractivity contribution in [2.45, 2.75) is 101 Å². The van der Waals surface area contributed by atoms with Crippen LogP contribution in [0.4, 0.5) is 8.78 Å². The summed E-state index contributed by atoms with van der Waals surface area (Å²) in [4.78, 5) is 51.4. The smallest absolute Gasteiger partial charge is 0.405 e. The molecule has 8 unspecified atom stereocenters. The first-order valence-electron chi connectivity index (χ1n) is 15.7. The van der Waals surface area contributed by atoms with Crippen LogP contribution in [0.15, 0.2) is 0 Å². The number of carbonyl (C=O) groups excluding carboxylic acids is 4. The van der Waals surface area contributed by atoms with Crippen LogP contribution >= 0.6 is 0 Å². The van der Waals surface area contributed by atoms with Crippen LogP contribution in [0.3, 0.4) is 0 Å². The van der Waals surface area contributed by atoms with Gasteiger partial charge in [-0.2, -0.15) is 17.2 Å². The maximum Gasteiger partial charge on any atom is 0.405 e. The molecule has 1 aliphatic heterocycles. The molecule has 7 fully saturated rings. The number of esters is 4. The lowest BCUT2D eigenvalue weighted by Crippen LogP contribution is -2.59. The van der Waals surface area contributed by atoms with E-state index in [1.54, 1.807) is 0 Å². The molecule has 0 aromatic carbocycles. The molecule has 8 atom stereocenters. The number of carbonyl (C=O) groups is 4. The van der Waals surface area contributed by atoms with Crippen molar-refractivity contribution in [1.82, 2.24) is 0 Å². The molecule has 6 saturated carbocycles. The standard InChI is InChI=1S/C30H40F2O12S/c1-4-28(3,29-9-15-5-16(10-29)7-17(6-15)11-29)44-27(36)23-19-8-18-22(23)26(35)43-25(18)24(19)42-21(34)13-40-12-20(33)41-14(2)30(31,32)45(37,38)39/h14-19,22-25H,4-13H2,1-3H3,(H,37,38,39). The molecule has 0 radical (unpaired) electrons. The second-order valence-electron chi connectivity index (χ2n) is 14.3. The van der Waals surface area contributed by atoms with E-state index in [1.807, 2.05) is 13.8 Å². The third kappa shape index (κ3) is 5.34. The molecular weight excluding hydrogens is 622 g/mol. The Morgan fingerprint density at radius 1 is 1.02 bits per heavy atom. The van der Waals surface area contributed by atoms with Gasteiger partial charge in [-0.1, -0.05) is 6.92 Å². The molecule has 6 bridgehead atoms. The molecule has 0 aromatic heterocycles. The molecule has 7 rings (SSSR count). The number of ether oxygens (including phenoxy) is 5. The molecule has 1 saturated heterocycles. The van der Waals surface area contributed by atoms with Gasteiger partial charge in [-0.25, -0.2) is 9.59 Å². The van der Waals surface area contributed by atoms with Crippen molar-refractivity contribution < 1.29 is 64.6 Å². The van der Waals surface area contributed by atoms with Crippen LogP contribution < -0.4 is 0 Å². The molecule has 7 aliphatic rings. The highest BCUT2D eigenvalue weighted by molar-refractivity contribution is 7.86. The van der Waals surface area contributed by atoms with Gasteiger partial charge < -0.3 is 23.7 Å². The first-order chi connectivity index (χ1) is 21.0. The minimum Gasteiger partial charge on any atom is -0.459 e. The zero-order valence-corrected chi connectivity index (χ0v) is 26.3. The summed E-state index contributed by atoms with van der Waals surface area (Å²) in [5.74, 6) is -3.72. The Balaban J connectivity index is 1.07. The van der Waals surface area contributed by atoms with Crippen LogP contribution in [0.5, 0.6) is 0 Å². The summed E-state index contributed by atoms with van der Waals surface area (Å²) < 4.78 is 84.3. The zero-order valence-electron chi connectivity index (χ0n) is 25.4. The Hall–Kier alpha value is -2.39. The van der Waals surface area contributed by atoms with E-state index in [0.29, 0.717) is 37.5 Å². The zero-order chi connectivity index (χ0) is 32.7. The van der Waals surface area contributed by atoms with Crippen LogP contribution in [0.1, 0.15) is 72.1 Å². The fourth-order valence-electron chi connectivity index (χ4n) is 9.99. The molecule has 0 amide bonds. The van der Waals surface area contributed by atoms with Crippen molar-refractivity contribution in [3.63, 3.8) is 0 Å². The van der Waals surface area contributed by atoms with E-state index in [2.05, 4.69) is 4.74 Å². The van der Waals surface area contributed by atoms with Gasteiger partial charge in [-0.15, -0.1) is 0 Å². The van der Waals surface area contributed by atoms with Gasteiger partial charge in [0.05, 0.1) is 11.8 Å². The van der Waals surface area contributed by atoms with Crippen LogP contribution in [0.2, 0.25) is 0 Å². The van der Waals surface area contributed by atoms with Crippen molar-refractivity contribution >= 4 is 34.0 Å². The Bertz CT molecular complexity index is 1330. The van der Waals surface area contributed by atoms with Crippen molar-refractivity contribution in [2.75, 3.05) is 13.2 Å². The first kappa shape index (κ1) is 32.5. The maximum atomic E-state index is 14.0. The molecule has 12 nitrogen and oxygen atoms in total. The van der Waals surface area contributed by atoms with Gasteiger partial charge in [0.1, 0.15) is 31.0 Å². The molecule has 0 spiro atoms. The highest BCUT2D eigenvalue weighted by Gasteiger charge is 2.71. The summed E-state index contributed by atoms with van der Waals surface area (Å²) in [5.41, 5.74) is -0.784. The van der Waals surface area contributed by atoms with Gasteiger partial charge in [-0.05, 0) is 83.0 Å². The van der Waals surface area contributed by atoms with Crippen molar-refractivity contribution in [1.29, 1.82) is 0 Å². The number of hydrogen-bond donors (Lipinski definition) is 1. The van der Waals surface area contributed by atoms with E-state index >= 15 is 0 Å². The van der Waals surface area contributed by atoms with Crippen molar-refractivity contribution in [3.8, 4) is 0 Å². The molecule has 1 heterocycles. The average molecular weight is 663 g/mol. The fourth-order valence-corrected chi connectivity index (χ4v) is 10.5. The maximum absolute atomic E-state index is 14.0. The Labute approximate surface area is 259 Å². The van der Waals surface area contributed by atoms with E-state index < -0.39 is 94.1 Å². The second kappa shape index (κ2) is 11.1. The largest absolute Gasteiger partial charge is 0.459 e. The van der Waals surface area contributed by atoms with Crippen LogP contribution in [-0.4, -0.2) is 79.2 Å². The van der Waals surface area contributed by atoms with Gasteiger partial charge >= 0.3 is 39.2 Å². The number of rotatable bonds is 12. The average Bonchev–Trinajstić information content (AvgIpc) is 3.55. The Morgan fingerprint density at radius 3 is 2.16 bits per heavy atom. The number of halogens is 2. The van der Waals surface area contributed by atoms with E-state index in [1.165, 1.54) is 19.3 Å². The molecule has 252 valence electrons. The second-order valence-corrected chi connectivity index (χ2v) is 15.8. The van der Waals surface area contributed by atoms with Gasteiger partial charge in [0, 0.05) is 17.3 Å². The normalized spacial score (nSPS) is 39.7. The van der Waals surface area contributed by atoms with Gasteiger partial charge in [0.2, 0.25) is 0 Å². The van der Waals surface area contributed by atoms with Gasteiger partial charge in [0.15, 0.2) is 6.10 Å². The van der Waals surface area contributed by atoms with E-state index in [4.69, 9.17) is 23.5 Å². The Kier molecular flexibility index (Phi) is 8.03. The third-order valence-corrected chi connectivity index (χ3v) is 12.8. The lowest BCUT2D eigenvalue weighted by Gasteiger charge is -2.62. The number of alkyl halides is 2. The van der Waals surface area contributed by atoms with Crippen LogP contribution in [-0.2, 0) is 53.0 Å². The van der Waals surface area contributed by atoms with Crippen LogP contribution in [0.25, 0.3) is 0 Å². The van der Waals surface area contributed by atoms with E-state index in [0.717, 1.165) is 19.3 Å². The van der Waals surface area contributed by atoms with E-state index in [9.17, 15) is 36.4 Å². The monoisotopic (exact) mass is 662 g/mol. The molecule has 15 heteroatoms. The summed E-state index contributed by atoms with van der Waals surface area (Å²) >= 11 is 0. The van der Waals surface area contributed by atoms with Crippen molar-refractivity contribution in [3.05, 3.63) is 0 Å². The Morgan fingerprint density at radius 2 is 1.60 bits per heavy atom. The number of hydrogen-bond acceptors (Lipinski definition) is 11. The minimum absolute atomic E-state index is 0.0904. The molecule has 1 N–H and O–H groups in total. The fraction of sp³-hybridized carbons (Fsp3) is 0.867. The molecular formula is C30H40F2O12S. The highest BCUT2D eigenvalue weighted by atomic mass is 32.2. The predicted molar refractivity (Wildman–Crippen MR) is 147 cm³/mol. The lowest BCUT2D eigenvalue weighted by molar-refractivity contribution is -0.212. The SMILES string of the molecule is CCC(C)(OC(=O)C1C2CC3C(OC(=O)C31)C2OC(=O)COCC(=O)OC(C)C(F)(F)S(=O)(=O)O)C12CC3CC(CC(C3)C1)C2. The predicted octanol–water partition coefficient (Wildman–Crippen LogP) is 3.06. The van der Waals surface area contributed by atoms with E-state index in [-0.39, 0.29) is 11.3 Å². The van der Waals surface area contributed by atoms with Crippen molar-refractivity contribution in [2.24, 2.45) is 46.8 Å². The number of fused-ring (bicyclic) bond motifs is 1. The summed E-state index contributed by atoms with van der Waals surface area (Å²) in [6, 6.07) is 0.